The summed E-state index contributed by atoms with van der Waals surface area (Å²) in [5.74, 6) is -0.335. The molecule has 1 aromatic carbocycles. The number of aliphatic hydroxyl groups is 1. The van der Waals surface area contributed by atoms with Crippen molar-refractivity contribution in [1.82, 2.24) is 25.1 Å². The normalized spacial score (nSPS) is 15.7. The Hall–Kier alpha value is -4.13. The maximum absolute atomic E-state index is 14.9. The summed E-state index contributed by atoms with van der Waals surface area (Å²) in [6.07, 6.45) is 3.47. The summed E-state index contributed by atoms with van der Waals surface area (Å²) in [6, 6.07) is 11.6. The summed E-state index contributed by atoms with van der Waals surface area (Å²) in [5.41, 5.74) is 2.89. The molecule has 12 heteroatoms. The highest BCUT2D eigenvalue weighted by molar-refractivity contribution is 7.22. The number of rotatable bonds is 8. The van der Waals surface area contributed by atoms with E-state index in [4.69, 9.17) is 9.84 Å². The summed E-state index contributed by atoms with van der Waals surface area (Å²) < 4.78 is 21.6. The number of piperazine rings is 1. The first-order valence-corrected chi connectivity index (χ1v) is 14.5. The third-order valence-electron chi connectivity index (χ3n) is 6.92. The van der Waals surface area contributed by atoms with E-state index in [0.717, 1.165) is 27.4 Å². The minimum absolute atomic E-state index is 0.0329. The lowest BCUT2D eigenvalue weighted by atomic mass is 10.1. The van der Waals surface area contributed by atoms with E-state index in [-0.39, 0.29) is 23.7 Å². The number of fused-ring (bicyclic) bond motifs is 1. The van der Waals surface area contributed by atoms with Crippen LogP contribution >= 0.6 is 11.3 Å². The van der Waals surface area contributed by atoms with Gasteiger partial charge in [0.2, 0.25) is 5.91 Å². The molecular formula is C30H33FN6O4S. The van der Waals surface area contributed by atoms with Crippen molar-refractivity contribution in [2.45, 2.75) is 39.4 Å². The van der Waals surface area contributed by atoms with E-state index in [1.807, 2.05) is 38.2 Å². The first kappa shape index (κ1) is 29.4. The number of halogens is 1. The predicted octanol–water partition coefficient (Wildman–Crippen LogP) is 4.84. The molecule has 4 aromatic rings. The Balaban J connectivity index is 1.27. The topological polar surface area (TPSA) is 120 Å². The van der Waals surface area contributed by atoms with Gasteiger partial charge in [-0.1, -0.05) is 6.07 Å². The van der Waals surface area contributed by atoms with Gasteiger partial charge < -0.3 is 25.4 Å². The van der Waals surface area contributed by atoms with Crippen LogP contribution in [-0.4, -0.2) is 75.1 Å². The number of anilines is 1. The molecule has 5 rings (SSSR count). The number of amides is 3. The molecule has 3 N–H and O–H groups in total. The van der Waals surface area contributed by atoms with E-state index in [0.29, 0.717) is 36.6 Å². The zero-order chi connectivity index (χ0) is 29.8. The van der Waals surface area contributed by atoms with E-state index >= 15 is 0 Å². The van der Waals surface area contributed by atoms with Crippen LogP contribution in [0.3, 0.4) is 0 Å². The van der Waals surface area contributed by atoms with Crippen molar-refractivity contribution in [2.75, 3.05) is 31.6 Å². The number of carbonyl (C=O) groups excluding carboxylic acids is 2. The van der Waals surface area contributed by atoms with Crippen molar-refractivity contribution >= 4 is 39.2 Å². The molecule has 0 bridgehead atoms. The summed E-state index contributed by atoms with van der Waals surface area (Å²) in [7, 11) is 0. The van der Waals surface area contributed by atoms with Crippen LogP contribution in [0.25, 0.3) is 20.8 Å². The van der Waals surface area contributed by atoms with Gasteiger partial charge >= 0.3 is 6.03 Å². The average molecular weight is 593 g/mol. The number of ether oxygens (including phenoxy) is 1. The lowest BCUT2D eigenvalue weighted by molar-refractivity contribution is -0.137. The van der Waals surface area contributed by atoms with Crippen LogP contribution < -0.4 is 15.4 Å². The van der Waals surface area contributed by atoms with Gasteiger partial charge in [0.05, 0.1) is 20.8 Å². The smallest absolute Gasteiger partial charge is 0.319 e. The van der Waals surface area contributed by atoms with Gasteiger partial charge in [-0.2, -0.15) is 0 Å². The summed E-state index contributed by atoms with van der Waals surface area (Å²) in [5, 5.41) is 14.4. The molecule has 3 aromatic heterocycles. The molecule has 1 saturated heterocycles. The third kappa shape index (κ3) is 6.84. The number of thiophene rings is 1. The quantitative estimate of drug-likeness (QED) is 0.268. The molecule has 1 unspecified atom stereocenters. The van der Waals surface area contributed by atoms with Gasteiger partial charge in [-0.25, -0.2) is 9.18 Å². The standard InChI is InChI=1S/C30H33FN6O4S/c1-18(2)34-30(40)35-21-5-7-25(22(31)12-21)41-26-8-9-32-24-13-27(42-29(24)26)23-6-4-20(14-33-23)16-36-10-11-37(15-19(36)3)28(39)17-38/h4-9,12-14,18-19,38H,10-11,15-17H2,1-3H3,(H2,34,35,40). The van der Waals surface area contributed by atoms with Crippen LogP contribution in [0, 0.1) is 5.82 Å². The molecule has 3 amide bonds. The van der Waals surface area contributed by atoms with Gasteiger partial charge in [0.25, 0.3) is 0 Å². The van der Waals surface area contributed by atoms with Gasteiger partial charge in [-0.05, 0) is 50.6 Å². The molecule has 10 nitrogen and oxygen atoms in total. The first-order chi connectivity index (χ1) is 20.2. The second-order valence-electron chi connectivity index (χ2n) is 10.5. The molecule has 0 aliphatic carbocycles. The van der Waals surface area contributed by atoms with Crippen LogP contribution in [0.2, 0.25) is 0 Å². The molecule has 1 aliphatic rings. The first-order valence-electron chi connectivity index (χ1n) is 13.7. The largest absolute Gasteiger partial charge is 0.453 e. The van der Waals surface area contributed by atoms with Gasteiger partial charge in [-0.15, -0.1) is 11.3 Å². The molecule has 4 heterocycles. The average Bonchev–Trinajstić information content (AvgIpc) is 3.40. The second-order valence-corrected chi connectivity index (χ2v) is 11.6. The Morgan fingerprint density at radius 1 is 1.14 bits per heavy atom. The van der Waals surface area contributed by atoms with E-state index in [2.05, 4.69) is 32.4 Å². The Morgan fingerprint density at radius 2 is 1.98 bits per heavy atom. The second kappa shape index (κ2) is 12.8. The van der Waals surface area contributed by atoms with Crippen molar-refractivity contribution in [3.63, 3.8) is 0 Å². The number of hydrogen-bond acceptors (Lipinski definition) is 8. The molecule has 1 fully saturated rings. The predicted molar refractivity (Wildman–Crippen MR) is 160 cm³/mol. The lowest BCUT2D eigenvalue weighted by Gasteiger charge is -2.39. The number of benzene rings is 1. The minimum atomic E-state index is -0.605. The molecule has 42 heavy (non-hydrogen) atoms. The fourth-order valence-electron chi connectivity index (χ4n) is 4.79. The maximum atomic E-state index is 14.9. The number of aromatic nitrogens is 2. The van der Waals surface area contributed by atoms with Gasteiger partial charge in [0, 0.05) is 68.5 Å². The van der Waals surface area contributed by atoms with Gasteiger partial charge in [0.15, 0.2) is 11.6 Å². The van der Waals surface area contributed by atoms with Crippen molar-refractivity contribution in [3.05, 3.63) is 66.2 Å². The SMILES string of the molecule is CC(C)NC(=O)Nc1ccc(Oc2ccnc3cc(-c4ccc(CN5CCN(C(=O)CO)CC5C)cn4)sc23)c(F)c1. The number of nitrogens with one attached hydrogen (secondary N) is 2. The van der Waals surface area contributed by atoms with Crippen molar-refractivity contribution in [3.8, 4) is 22.1 Å². The molecule has 0 radical (unpaired) electrons. The molecule has 1 atom stereocenters. The Labute approximate surface area is 247 Å². The van der Waals surface area contributed by atoms with Crippen molar-refractivity contribution in [2.24, 2.45) is 0 Å². The highest BCUT2D eigenvalue weighted by atomic mass is 32.1. The number of urea groups is 1. The summed E-state index contributed by atoms with van der Waals surface area (Å²) in [4.78, 5) is 37.8. The highest BCUT2D eigenvalue weighted by Gasteiger charge is 2.26. The van der Waals surface area contributed by atoms with Crippen LogP contribution in [-0.2, 0) is 11.3 Å². The summed E-state index contributed by atoms with van der Waals surface area (Å²) in [6.45, 7) is 7.92. The number of carbonyl (C=O) groups is 2. The molecule has 0 saturated carbocycles. The molecule has 220 valence electrons. The Morgan fingerprint density at radius 3 is 2.67 bits per heavy atom. The number of nitrogens with zero attached hydrogens (tertiary/aromatic N) is 4. The van der Waals surface area contributed by atoms with E-state index < -0.39 is 18.5 Å². The van der Waals surface area contributed by atoms with E-state index in [1.54, 1.807) is 23.2 Å². The Kier molecular flexibility index (Phi) is 8.95. The van der Waals surface area contributed by atoms with E-state index in [1.165, 1.54) is 23.5 Å². The maximum Gasteiger partial charge on any atom is 0.319 e. The fraction of sp³-hybridized carbons (Fsp3) is 0.333. The molecular weight excluding hydrogens is 559 g/mol. The number of hydrogen-bond donors (Lipinski definition) is 3. The zero-order valence-electron chi connectivity index (χ0n) is 23.6. The van der Waals surface area contributed by atoms with Crippen LogP contribution in [0.5, 0.6) is 11.5 Å². The van der Waals surface area contributed by atoms with Crippen molar-refractivity contribution < 1.29 is 23.8 Å². The highest BCUT2D eigenvalue weighted by Crippen LogP contribution is 2.39. The number of aliphatic hydroxyl groups excluding tert-OH is 1. The van der Waals surface area contributed by atoms with Gasteiger partial charge in [0.1, 0.15) is 12.4 Å². The van der Waals surface area contributed by atoms with E-state index in [9.17, 15) is 14.0 Å². The minimum Gasteiger partial charge on any atom is -0.453 e. The zero-order valence-corrected chi connectivity index (χ0v) is 24.4. The fourth-order valence-corrected chi connectivity index (χ4v) is 5.83. The van der Waals surface area contributed by atoms with Crippen LogP contribution in [0.1, 0.15) is 26.3 Å². The van der Waals surface area contributed by atoms with Crippen LogP contribution in [0.15, 0.2) is 54.9 Å². The lowest BCUT2D eigenvalue weighted by Crippen LogP contribution is -2.53. The Bertz CT molecular complexity index is 1580. The van der Waals surface area contributed by atoms with Gasteiger partial charge in [-0.3, -0.25) is 19.7 Å². The third-order valence-corrected chi connectivity index (χ3v) is 8.08. The van der Waals surface area contributed by atoms with Crippen molar-refractivity contribution in [1.29, 1.82) is 0 Å². The molecule has 0 spiro atoms. The number of pyridine rings is 2. The monoisotopic (exact) mass is 592 g/mol. The summed E-state index contributed by atoms with van der Waals surface area (Å²) >= 11 is 1.46. The molecule has 1 aliphatic heterocycles. The van der Waals surface area contributed by atoms with Crippen LogP contribution in [0.4, 0.5) is 14.9 Å².